The van der Waals surface area contributed by atoms with Crippen molar-refractivity contribution in [3.8, 4) is 0 Å². The fourth-order valence-electron chi connectivity index (χ4n) is 4.09. The van der Waals surface area contributed by atoms with E-state index in [9.17, 15) is 0 Å². The van der Waals surface area contributed by atoms with Crippen LogP contribution in [0.5, 0.6) is 0 Å². The molecule has 0 spiro atoms. The van der Waals surface area contributed by atoms with E-state index in [1.54, 1.807) is 0 Å². The molecule has 3 aromatic carbocycles. The number of hydrogen-bond donors (Lipinski definition) is 0. The molecule has 0 heterocycles. The van der Waals surface area contributed by atoms with E-state index in [0.717, 1.165) is 12.3 Å². The molecule has 3 rings (SSSR count). The fraction of sp³-hybridized carbons (Fsp3) is 0.0833. The topological polar surface area (TPSA) is 0 Å². The number of allylic oxidation sites excluding steroid dienone is 2. The summed E-state index contributed by atoms with van der Waals surface area (Å²) in [4.78, 5) is 0. The summed E-state index contributed by atoms with van der Waals surface area (Å²) in [6.07, 6.45) is 6.04. The van der Waals surface area contributed by atoms with E-state index in [1.807, 2.05) is 0 Å². The minimum atomic E-state index is -2.72. The molecule has 0 unspecified atom stereocenters. The van der Waals surface area contributed by atoms with Gasteiger partial charge in [0.05, 0.1) is 0 Å². The molecule has 0 radical (unpaired) electrons. The van der Waals surface area contributed by atoms with Crippen molar-refractivity contribution in [2.75, 3.05) is 12.3 Å². The molecule has 0 atom stereocenters. The van der Waals surface area contributed by atoms with Gasteiger partial charge in [0.15, 0.2) is 0 Å². The van der Waals surface area contributed by atoms with Gasteiger partial charge in [0.25, 0.3) is 0 Å². The Morgan fingerprint density at radius 2 is 0.800 bits per heavy atom. The Hall–Kier alpha value is -2.43. The Labute approximate surface area is 151 Å². The first kappa shape index (κ1) is 17.4. The van der Waals surface area contributed by atoms with Crippen LogP contribution in [0.4, 0.5) is 0 Å². The van der Waals surface area contributed by atoms with Crippen LogP contribution in [0.3, 0.4) is 0 Å². The molecule has 0 saturated heterocycles. The molecule has 0 N–H and O–H groups in total. The first-order valence-electron chi connectivity index (χ1n) is 8.67. The summed E-state index contributed by atoms with van der Waals surface area (Å²) >= 11 is 0. The summed E-state index contributed by atoms with van der Waals surface area (Å²) in [5, 5.41) is 4.18. The third kappa shape index (κ3) is 2.68. The summed E-state index contributed by atoms with van der Waals surface area (Å²) in [6.45, 7) is 5.57. The van der Waals surface area contributed by atoms with E-state index in [4.69, 9.17) is 0 Å². The van der Waals surface area contributed by atoms with Gasteiger partial charge in [-0.1, -0.05) is 0 Å². The Kier molecular flexibility index (Phi) is 5.02. The summed E-state index contributed by atoms with van der Waals surface area (Å²) < 4.78 is 0. The van der Waals surface area contributed by atoms with Crippen LogP contribution in [0, 0.1) is 0 Å². The molecule has 0 aliphatic rings. The molecule has 0 bridgehead atoms. The summed E-state index contributed by atoms with van der Waals surface area (Å²) in [7, 11) is 0. The SMILES string of the molecule is C=CCP(CC=C)(c1ccccc1)(c1ccccc1)c1ccccc1. The Morgan fingerprint density at radius 3 is 1.04 bits per heavy atom. The average Bonchev–Trinajstić information content (AvgIpc) is 2.70. The first-order chi connectivity index (χ1) is 12.3. The maximum atomic E-state index is 4.15. The predicted octanol–water partition coefficient (Wildman–Crippen LogP) is 4.89. The van der Waals surface area contributed by atoms with E-state index in [2.05, 4.69) is 116 Å². The molecule has 0 amide bonds. The summed E-state index contributed by atoms with van der Waals surface area (Å²) in [5.74, 6) is 0. The van der Waals surface area contributed by atoms with Gasteiger partial charge in [-0.05, 0) is 0 Å². The van der Waals surface area contributed by atoms with Gasteiger partial charge in [0.1, 0.15) is 0 Å². The van der Waals surface area contributed by atoms with Crippen LogP contribution >= 0.6 is 6.60 Å². The van der Waals surface area contributed by atoms with E-state index in [1.165, 1.54) is 15.9 Å². The zero-order valence-electron chi connectivity index (χ0n) is 14.6. The van der Waals surface area contributed by atoms with Crippen LogP contribution in [-0.4, -0.2) is 12.3 Å². The molecule has 25 heavy (non-hydrogen) atoms. The van der Waals surface area contributed by atoms with Crippen molar-refractivity contribution in [3.05, 3.63) is 116 Å². The molecule has 126 valence electrons. The monoisotopic (exact) mass is 344 g/mol. The molecule has 0 fully saturated rings. The Balaban J connectivity index is 2.52. The molecule has 0 aromatic heterocycles. The molecule has 0 nitrogen and oxygen atoms in total. The van der Waals surface area contributed by atoms with Crippen molar-refractivity contribution in [1.82, 2.24) is 0 Å². The van der Waals surface area contributed by atoms with Gasteiger partial charge >= 0.3 is 151 Å². The van der Waals surface area contributed by atoms with Gasteiger partial charge in [0.2, 0.25) is 0 Å². The summed E-state index contributed by atoms with van der Waals surface area (Å²) in [5.41, 5.74) is 0. The molecule has 0 aliphatic heterocycles. The quantitative estimate of drug-likeness (QED) is 0.423. The minimum absolute atomic E-state index is 0.926. The van der Waals surface area contributed by atoms with Crippen LogP contribution in [-0.2, 0) is 0 Å². The molecule has 1 heteroatoms. The molecule has 0 saturated carbocycles. The average molecular weight is 344 g/mol. The molecule has 0 aliphatic carbocycles. The maximum absolute atomic E-state index is 4.15. The van der Waals surface area contributed by atoms with Crippen molar-refractivity contribution in [2.45, 2.75) is 0 Å². The van der Waals surface area contributed by atoms with Crippen molar-refractivity contribution in [3.63, 3.8) is 0 Å². The van der Waals surface area contributed by atoms with E-state index >= 15 is 0 Å². The number of benzene rings is 3. The van der Waals surface area contributed by atoms with Crippen LogP contribution in [0.2, 0.25) is 0 Å². The third-order valence-electron chi connectivity index (χ3n) is 5.20. The second-order valence-corrected chi connectivity index (χ2v) is 11.8. The van der Waals surface area contributed by atoms with Crippen LogP contribution in [0.25, 0.3) is 0 Å². The molecular weight excluding hydrogens is 319 g/mol. The first-order valence-corrected chi connectivity index (χ1v) is 11.3. The molecule has 3 aromatic rings. The Morgan fingerprint density at radius 1 is 0.520 bits per heavy atom. The fourth-order valence-corrected chi connectivity index (χ4v) is 10.2. The van der Waals surface area contributed by atoms with E-state index in [0.29, 0.717) is 0 Å². The van der Waals surface area contributed by atoms with Crippen molar-refractivity contribution < 1.29 is 0 Å². The predicted molar refractivity (Wildman–Crippen MR) is 115 cm³/mol. The standard InChI is InChI=1S/C24H25P/c1-3-20-25(21-4-2,22-14-8-5-9-15-22,23-16-10-6-11-17-23)24-18-12-7-13-19-24/h3-19H,1-2,20-21H2. The van der Waals surface area contributed by atoms with Gasteiger partial charge in [-0.15, -0.1) is 0 Å². The van der Waals surface area contributed by atoms with Crippen LogP contribution < -0.4 is 15.9 Å². The number of rotatable bonds is 7. The van der Waals surface area contributed by atoms with Gasteiger partial charge < -0.3 is 0 Å². The zero-order valence-corrected chi connectivity index (χ0v) is 15.5. The van der Waals surface area contributed by atoms with Crippen LogP contribution in [0.15, 0.2) is 116 Å². The van der Waals surface area contributed by atoms with Gasteiger partial charge in [-0.3, -0.25) is 0 Å². The van der Waals surface area contributed by atoms with Gasteiger partial charge in [-0.2, -0.15) is 0 Å². The van der Waals surface area contributed by atoms with Gasteiger partial charge in [-0.25, -0.2) is 0 Å². The second-order valence-electron chi connectivity index (χ2n) is 6.46. The second kappa shape index (κ2) is 7.21. The van der Waals surface area contributed by atoms with Crippen molar-refractivity contribution >= 4 is 22.5 Å². The van der Waals surface area contributed by atoms with Crippen molar-refractivity contribution in [1.29, 1.82) is 0 Å². The normalized spacial score (nSPS) is 12.7. The van der Waals surface area contributed by atoms with Crippen LogP contribution in [0.1, 0.15) is 0 Å². The third-order valence-corrected chi connectivity index (χ3v) is 12.0. The summed E-state index contributed by atoms with van der Waals surface area (Å²) in [6, 6.07) is 32.9. The van der Waals surface area contributed by atoms with E-state index in [-0.39, 0.29) is 0 Å². The molecular formula is C24H25P. The zero-order chi connectivity index (χ0) is 17.6. The number of hydrogen-bond acceptors (Lipinski definition) is 0. The van der Waals surface area contributed by atoms with E-state index < -0.39 is 6.60 Å². The van der Waals surface area contributed by atoms with Gasteiger partial charge in [0, 0.05) is 0 Å². The van der Waals surface area contributed by atoms with Crippen molar-refractivity contribution in [2.24, 2.45) is 0 Å². The Bertz CT molecular complexity index is 722.